The molecule has 0 spiro atoms. The quantitative estimate of drug-likeness (QED) is 0.629. The number of hydrogen-bond acceptors (Lipinski definition) is 7. The van der Waals surface area contributed by atoms with Crippen LogP contribution in [-0.4, -0.2) is 29.7 Å². The van der Waals surface area contributed by atoms with Crippen LogP contribution in [0.25, 0.3) is 0 Å². The first-order valence-electron chi connectivity index (χ1n) is 10.4. The molecule has 32 heavy (non-hydrogen) atoms. The molecule has 1 aliphatic heterocycles. The minimum absolute atomic E-state index is 0.191. The maximum absolute atomic E-state index is 12.8. The van der Waals surface area contributed by atoms with E-state index in [0.29, 0.717) is 35.0 Å². The van der Waals surface area contributed by atoms with Gasteiger partial charge in [-0.05, 0) is 42.7 Å². The van der Waals surface area contributed by atoms with E-state index in [1.54, 1.807) is 27.2 Å². The van der Waals surface area contributed by atoms with Crippen LogP contribution in [0.2, 0.25) is 0 Å². The second-order valence-corrected chi connectivity index (χ2v) is 7.92. The third-order valence-corrected chi connectivity index (χ3v) is 5.35. The SMILES string of the molecule is COc1ccc([C@@H]2N=C(Nc3ccc(C(C)C)cc3)Nc3nc(C)cc(=O)n32)cc1OC. The van der Waals surface area contributed by atoms with Crippen LogP contribution in [0.1, 0.15) is 42.8 Å². The summed E-state index contributed by atoms with van der Waals surface area (Å²) in [6.07, 6.45) is -0.621. The molecule has 8 nitrogen and oxygen atoms in total. The molecule has 1 aromatic heterocycles. The lowest BCUT2D eigenvalue weighted by atomic mass is 10.0. The molecule has 0 fully saturated rings. The number of fused-ring (bicyclic) bond motifs is 1. The summed E-state index contributed by atoms with van der Waals surface area (Å²) in [5.74, 6) is 2.54. The fraction of sp³-hybridized carbons (Fsp3) is 0.292. The van der Waals surface area contributed by atoms with E-state index >= 15 is 0 Å². The van der Waals surface area contributed by atoms with E-state index in [0.717, 1.165) is 11.3 Å². The molecule has 0 amide bonds. The average Bonchev–Trinajstić information content (AvgIpc) is 2.78. The molecule has 8 heteroatoms. The van der Waals surface area contributed by atoms with Crippen LogP contribution < -0.4 is 25.7 Å². The summed E-state index contributed by atoms with van der Waals surface area (Å²) in [6, 6.07) is 15.2. The molecule has 0 saturated carbocycles. The highest BCUT2D eigenvalue weighted by Crippen LogP contribution is 2.33. The highest BCUT2D eigenvalue weighted by Gasteiger charge is 2.26. The third-order valence-electron chi connectivity index (χ3n) is 5.35. The Kier molecular flexibility index (Phi) is 5.85. The lowest BCUT2D eigenvalue weighted by Crippen LogP contribution is -2.37. The lowest BCUT2D eigenvalue weighted by molar-refractivity contribution is 0.354. The predicted molar refractivity (Wildman–Crippen MR) is 126 cm³/mol. The van der Waals surface area contributed by atoms with Gasteiger partial charge in [-0.15, -0.1) is 0 Å². The standard InChI is InChI=1S/C24H27N5O3/c1-14(2)16-6-9-18(10-7-16)26-23-27-22(17-8-11-19(31-4)20(13-17)32-5)29-21(30)12-15(3)25-24(29)28-23/h6-14,22H,1-5H3,(H2,25,26,27,28)/t22-/m1/s1. The molecule has 2 N–H and O–H groups in total. The molecule has 3 aromatic rings. The Bertz CT molecular complexity index is 1220. The van der Waals surface area contributed by atoms with E-state index in [2.05, 4.69) is 41.6 Å². The zero-order chi connectivity index (χ0) is 22.8. The number of nitrogens with zero attached hydrogens (tertiary/aromatic N) is 3. The van der Waals surface area contributed by atoms with Crippen LogP contribution >= 0.6 is 0 Å². The first-order valence-corrected chi connectivity index (χ1v) is 10.4. The maximum atomic E-state index is 12.8. The van der Waals surface area contributed by atoms with Crippen molar-refractivity contribution in [2.75, 3.05) is 24.9 Å². The first-order chi connectivity index (χ1) is 15.4. The summed E-state index contributed by atoms with van der Waals surface area (Å²) in [7, 11) is 3.16. The molecule has 1 aliphatic rings. The van der Waals surface area contributed by atoms with E-state index in [4.69, 9.17) is 14.5 Å². The minimum atomic E-state index is -0.621. The molecule has 166 valence electrons. The van der Waals surface area contributed by atoms with Gasteiger partial charge in [0, 0.05) is 23.0 Å². The second-order valence-electron chi connectivity index (χ2n) is 7.92. The number of benzene rings is 2. The summed E-state index contributed by atoms with van der Waals surface area (Å²) in [5.41, 5.74) is 3.35. The van der Waals surface area contributed by atoms with Gasteiger partial charge in [0.15, 0.2) is 17.7 Å². The molecule has 0 unspecified atom stereocenters. The van der Waals surface area contributed by atoms with Gasteiger partial charge < -0.3 is 14.8 Å². The molecule has 0 radical (unpaired) electrons. The van der Waals surface area contributed by atoms with Gasteiger partial charge in [0.25, 0.3) is 5.56 Å². The van der Waals surface area contributed by atoms with E-state index in [1.807, 2.05) is 24.3 Å². The number of rotatable bonds is 5. The number of hydrogen-bond donors (Lipinski definition) is 2. The molecule has 2 heterocycles. The van der Waals surface area contributed by atoms with E-state index in [1.165, 1.54) is 16.2 Å². The molecule has 0 saturated heterocycles. The van der Waals surface area contributed by atoms with E-state index in [-0.39, 0.29) is 5.56 Å². The first kappa shape index (κ1) is 21.4. The molecule has 4 rings (SSSR count). The number of nitrogens with one attached hydrogen (secondary N) is 2. The number of guanidine groups is 1. The molecule has 1 atom stereocenters. The summed E-state index contributed by atoms with van der Waals surface area (Å²) in [6.45, 7) is 6.11. The monoisotopic (exact) mass is 433 g/mol. The highest BCUT2D eigenvalue weighted by molar-refractivity contribution is 6.03. The third kappa shape index (κ3) is 4.16. The Hall–Kier alpha value is -3.81. The number of anilines is 2. The molecule has 0 bridgehead atoms. The fourth-order valence-corrected chi connectivity index (χ4v) is 3.64. The Morgan fingerprint density at radius 2 is 1.75 bits per heavy atom. The van der Waals surface area contributed by atoms with Crippen LogP contribution in [0.5, 0.6) is 11.5 Å². The summed E-state index contributed by atoms with van der Waals surface area (Å²) < 4.78 is 12.3. The van der Waals surface area contributed by atoms with Crippen molar-refractivity contribution in [3.8, 4) is 11.5 Å². The van der Waals surface area contributed by atoms with E-state index in [9.17, 15) is 4.79 Å². The van der Waals surface area contributed by atoms with Crippen molar-refractivity contribution < 1.29 is 9.47 Å². The molecular formula is C24H27N5O3. The van der Waals surface area contributed by atoms with Crippen molar-refractivity contribution in [3.63, 3.8) is 0 Å². The number of aliphatic imine (C=N–C) groups is 1. The number of aromatic nitrogens is 2. The van der Waals surface area contributed by atoms with Crippen LogP contribution in [-0.2, 0) is 0 Å². The Labute approximate surface area is 186 Å². The number of methoxy groups -OCH3 is 2. The smallest absolute Gasteiger partial charge is 0.257 e. The van der Waals surface area contributed by atoms with E-state index < -0.39 is 6.17 Å². The fourth-order valence-electron chi connectivity index (χ4n) is 3.64. The van der Waals surface area contributed by atoms with Gasteiger partial charge in [0.1, 0.15) is 0 Å². The average molecular weight is 434 g/mol. The van der Waals surface area contributed by atoms with Crippen molar-refractivity contribution >= 4 is 17.6 Å². The van der Waals surface area contributed by atoms with Crippen LogP contribution in [0.15, 0.2) is 58.3 Å². The van der Waals surface area contributed by atoms with Crippen molar-refractivity contribution in [2.24, 2.45) is 4.99 Å². The van der Waals surface area contributed by atoms with Crippen LogP contribution in [0.3, 0.4) is 0 Å². The van der Waals surface area contributed by atoms with Gasteiger partial charge in [-0.3, -0.25) is 14.7 Å². The minimum Gasteiger partial charge on any atom is -0.493 e. The highest BCUT2D eigenvalue weighted by atomic mass is 16.5. The van der Waals surface area contributed by atoms with Crippen molar-refractivity contribution in [3.05, 3.63) is 75.7 Å². The van der Waals surface area contributed by atoms with Crippen LogP contribution in [0.4, 0.5) is 11.6 Å². The summed E-state index contributed by atoms with van der Waals surface area (Å²) in [4.78, 5) is 22.2. The number of aryl methyl sites for hydroxylation is 1. The molecule has 2 aromatic carbocycles. The van der Waals surface area contributed by atoms with Gasteiger partial charge in [-0.2, -0.15) is 0 Å². The molecule has 0 aliphatic carbocycles. The Morgan fingerprint density at radius 1 is 1.03 bits per heavy atom. The topological polar surface area (TPSA) is 89.8 Å². The largest absolute Gasteiger partial charge is 0.493 e. The second kappa shape index (κ2) is 8.74. The molecular weight excluding hydrogens is 406 g/mol. The Morgan fingerprint density at radius 3 is 2.41 bits per heavy atom. The number of ether oxygens (including phenoxy) is 2. The normalized spacial score (nSPS) is 14.9. The zero-order valence-electron chi connectivity index (χ0n) is 18.8. The lowest BCUT2D eigenvalue weighted by Gasteiger charge is -2.27. The Balaban J connectivity index is 1.76. The summed E-state index contributed by atoms with van der Waals surface area (Å²) in [5, 5.41) is 6.46. The van der Waals surface area contributed by atoms with Gasteiger partial charge in [0.2, 0.25) is 11.9 Å². The van der Waals surface area contributed by atoms with Gasteiger partial charge in [0.05, 0.1) is 14.2 Å². The maximum Gasteiger partial charge on any atom is 0.257 e. The zero-order valence-corrected chi connectivity index (χ0v) is 18.8. The van der Waals surface area contributed by atoms with Crippen LogP contribution in [0, 0.1) is 6.92 Å². The van der Waals surface area contributed by atoms with Gasteiger partial charge in [-0.1, -0.05) is 32.0 Å². The van der Waals surface area contributed by atoms with Gasteiger partial charge >= 0.3 is 0 Å². The summed E-state index contributed by atoms with van der Waals surface area (Å²) >= 11 is 0. The van der Waals surface area contributed by atoms with Gasteiger partial charge in [-0.25, -0.2) is 9.98 Å². The van der Waals surface area contributed by atoms with Crippen molar-refractivity contribution in [1.82, 2.24) is 9.55 Å². The van der Waals surface area contributed by atoms with Crippen molar-refractivity contribution in [2.45, 2.75) is 32.9 Å². The van der Waals surface area contributed by atoms with Crippen molar-refractivity contribution in [1.29, 1.82) is 0 Å². The predicted octanol–water partition coefficient (Wildman–Crippen LogP) is 4.13.